The third kappa shape index (κ3) is 5.46. The Labute approximate surface area is 125 Å². The van der Waals surface area contributed by atoms with Crippen molar-refractivity contribution in [1.29, 1.82) is 0 Å². The molecule has 1 saturated carbocycles. The van der Waals surface area contributed by atoms with Gasteiger partial charge in [-0.05, 0) is 24.8 Å². The summed E-state index contributed by atoms with van der Waals surface area (Å²) in [5, 5.41) is 8.67. The molecule has 114 valence electrons. The van der Waals surface area contributed by atoms with E-state index in [-0.39, 0.29) is 11.5 Å². The zero-order valence-corrected chi connectivity index (χ0v) is 12.7. The van der Waals surface area contributed by atoms with Crippen LogP contribution in [0.15, 0.2) is 23.4 Å². The molecule has 0 saturated heterocycles. The number of aliphatic hydroxyl groups is 1. The molecule has 0 unspecified atom stereocenters. The second-order valence-electron chi connectivity index (χ2n) is 5.17. The van der Waals surface area contributed by atoms with Crippen LogP contribution >= 0.6 is 0 Å². The van der Waals surface area contributed by atoms with Crippen molar-refractivity contribution in [3.63, 3.8) is 0 Å². The second-order valence-corrected chi connectivity index (χ2v) is 6.94. The van der Waals surface area contributed by atoms with E-state index in [0.717, 1.165) is 18.8 Å². The third-order valence-electron chi connectivity index (χ3n) is 3.27. The molecule has 2 rings (SSSR count). The van der Waals surface area contributed by atoms with Gasteiger partial charge in [-0.15, -0.1) is 0 Å². The van der Waals surface area contributed by atoms with Crippen LogP contribution in [0.2, 0.25) is 0 Å². The van der Waals surface area contributed by atoms with Gasteiger partial charge in [0.2, 0.25) is 10.0 Å². The number of aromatic nitrogens is 1. The lowest BCUT2D eigenvalue weighted by Crippen LogP contribution is -2.25. The number of hydrogen-bond donors (Lipinski definition) is 2. The van der Waals surface area contributed by atoms with Crippen LogP contribution in [-0.2, 0) is 10.0 Å². The lowest BCUT2D eigenvalue weighted by molar-refractivity contribution is 0.305. The van der Waals surface area contributed by atoms with E-state index in [1.165, 1.54) is 31.3 Å². The zero-order valence-electron chi connectivity index (χ0n) is 11.9. The summed E-state index contributed by atoms with van der Waals surface area (Å²) >= 11 is 0. The maximum absolute atomic E-state index is 12.1. The largest absolute Gasteiger partial charge is 0.395 e. The molecule has 2 N–H and O–H groups in total. The van der Waals surface area contributed by atoms with Gasteiger partial charge < -0.3 is 5.11 Å². The molecule has 0 bridgehead atoms. The van der Waals surface area contributed by atoms with Crippen LogP contribution in [0.5, 0.6) is 0 Å². The van der Waals surface area contributed by atoms with Crippen molar-refractivity contribution < 1.29 is 13.5 Å². The number of nitrogens with one attached hydrogen (secondary N) is 1. The predicted octanol–water partition coefficient (Wildman–Crippen LogP) is 1.28. The normalized spacial score (nSPS) is 14.5. The minimum absolute atomic E-state index is 0.0129. The van der Waals surface area contributed by atoms with Crippen LogP contribution in [0.4, 0.5) is 0 Å². The summed E-state index contributed by atoms with van der Waals surface area (Å²) in [7, 11) is -3.52. The van der Waals surface area contributed by atoms with Crippen LogP contribution in [0.3, 0.4) is 0 Å². The highest BCUT2D eigenvalue weighted by Gasteiger charge is 2.21. The molecule has 6 heteroatoms. The monoisotopic (exact) mass is 308 g/mol. The Balaban J connectivity index is 1.94. The zero-order chi connectivity index (χ0) is 15.1. The van der Waals surface area contributed by atoms with E-state index in [2.05, 4.69) is 21.5 Å². The Hall–Kier alpha value is -1.42. The molecule has 0 amide bonds. The van der Waals surface area contributed by atoms with Gasteiger partial charge >= 0.3 is 0 Å². The van der Waals surface area contributed by atoms with Crippen LogP contribution < -0.4 is 4.72 Å². The number of hydrogen-bond acceptors (Lipinski definition) is 4. The van der Waals surface area contributed by atoms with E-state index in [0.29, 0.717) is 18.5 Å². The summed E-state index contributed by atoms with van der Waals surface area (Å²) in [6.07, 6.45) is 7.71. The lowest BCUT2D eigenvalue weighted by Gasteiger charge is -2.06. The molecule has 1 aliphatic rings. The van der Waals surface area contributed by atoms with Crippen molar-refractivity contribution in [2.24, 2.45) is 5.92 Å². The summed E-state index contributed by atoms with van der Waals surface area (Å²) in [4.78, 5) is 4.04. The first-order chi connectivity index (χ1) is 10.1. The fourth-order valence-electron chi connectivity index (χ4n) is 1.94. The molecule has 0 aromatic carbocycles. The summed E-state index contributed by atoms with van der Waals surface area (Å²) in [6.45, 7) is 0.445. The van der Waals surface area contributed by atoms with Crippen molar-refractivity contribution in [2.45, 2.75) is 37.0 Å². The molecule has 1 heterocycles. The minimum Gasteiger partial charge on any atom is -0.395 e. The molecule has 0 spiro atoms. The Morgan fingerprint density at radius 3 is 2.90 bits per heavy atom. The molecule has 5 nitrogen and oxygen atoms in total. The first-order valence-corrected chi connectivity index (χ1v) is 8.64. The molecule has 0 aliphatic heterocycles. The van der Waals surface area contributed by atoms with E-state index in [1.807, 2.05) is 0 Å². The van der Waals surface area contributed by atoms with Gasteiger partial charge in [-0.25, -0.2) is 13.1 Å². The molecule has 1 aromatic heterocycles. The Morgan fingerprint density at radius 2 is 2.19 bits per heavy atom. The van der Waals surface area contributed by atoms with Crippen molar-refractivity contribution in [3.05, 3.63) is 24.0 Å². The van der Waals surface area contributed by atoms with Crippen molar-refractivity contribution in [2.75, 3.05) is 13.2 Å². The average Bonchev–Trinajstić information content (AvgIpc) is 3.29. The second kappa shape index (κ2) is 7.55. The quantitative estimate of drug-likeness (QED) is 0.587. The van der Waals surface area contributed by atoms with Crippen LogP contribution in [-0.4, -0.2) is 31.7 Å². The van der Waals surface area contributed by atoms with Gasteiger partial charge in [0, 0.05) is 30.9 Å². The van der Waals surface area contributed by atoms with Crippen molar-refractivity contribution in [3.8, 4) is 11.8 Å². The highest BCUT2D eigenvalue weighted by Crippen LogP contribution is 2.33. The van der Waals surface area contributed by atoms with Gasteiger partial charge in [0.15, 0.2) is 0 Å². The van der Waals surface area contributed by atoms with Gasteiger partial charge in [0.05, 0.1) is 6.61 Å². The van der Waals surface area contributed by atoms with E-state index in [9.17, 15) is 8.42 Å². The molecule has 0 atom stereocenters. The first-order valence-electron chi connectivity index (χ1n) is 7.16. The number of aliphatic hydroxyl groups excluding tert-OH is 1. The minimum atomic E-state index is -3.52. The summed E-state index contributed by atoms with van der Waals surface area (Å²) < 4.78 is 26.9. The Morgan fingerprint density at radius 1 is 1.38 bits per heavy atom. The number of pyridine rings is 1. The van der Waals surface area contributed by atoms with Crippen LogP contribution in [0.1, 0.15) is 37.7 Å². The SMILES string of the molecule is O=S(=O)(NCCCC1CC1)c1cncc(C#CCCO)c1. The first kappa shape index (κ1) is 16.0. The average molecular weight is 308 g/mol. The summed E-state index contributed by atoms with van der Waals surface area (Å²) in [5.41, 5.74) is 0.532. The number of rotatable bonds is 7. The fourth-order valence-corrected chi connectivity index (χ4v) is 3.00. The summed E-state index contributed by atoms with van der Waals surface area (Å²) in [5.74, 6) is 6.34. The molecular formula is C15H20N2O3S. The topological polar surface area (TPSA) is 79.3 Å². The van der Waals surface area contributed by atoms with Crippen molar-refractivity contribution >= 4 is 10.0 Å². The molecule has 1 aliphatic carbocycles. The van der Waals surface area contributed by atoms with E-state index in [4.69, 9.17) is 5.11 Å². The summed E-state index contributed by atoms with van der Waals surface area (Å²) in [6, 6.07) is 1.50. The van der Waals surface area contributed by atoms with Gasteiger partial charge in [0.1, 0.15) is 4.90 Å². The van der Waals surface area contributed by atoms with Gasteiger partial charge in [-0.3, -0.25) is 4.98 Å². The number of sulfonamides is 1. The molecular weight excluding hydrogens is 288 g/mol. The lowest BCUT2D eigenvalue weighted by atomic mass is 10.2. The fraction of sp³-hybridized carbons (Fsp3) is 0.533. The Bertz CT molecular complexity index is 628. The molecule has 0 radical (unpaired) electrons. The van der Waals surface area contributed by atoms with E-state index < -0.39 is 10.0 Å². The van der Waals surface area contributed by atoms with Gasteiger partial charge in [-0.1, -0.05) is 24.7 Å². The molecule has 1 fully saturated rings. The maximum atomic E-state index is 12.1. The highest BCUT2D eigenvalue weighted by molar-refractivity contribution is 7.89. The third-order valence-corrected chi connectivity index (χ3v) is 4.70. The van der Waals surface area contributed by atoms with Gasteiger partial charge in [-0.2, -0.15) is 0 Å². The van der Waals surface area contributed by atoms with Crippen LogP contribution in [0.25, 0.3) is 0 Å². The number of nitrogens with zero attached hydrogens (tertiary/aromatic N) is 1. The van der Waals surface area contributed by atoms with E-state index >= 15 is 0 Å². The predicted molar refractivity (Wildman–Crippen MR) is 80.0 cm³/mol. The van der Waals surface area contributed by atoms with Crippen LogP contribution in [0, 0.1) is 17.8 Å². The Kier molecular flexibility index (Phi) is 5.74. The maximum Gasteiger partial charge on any atom is 0.242 e. The van der Waals surface area contributed by atoms with Gasteiger partial charge in [0.25, 0.3) is 0 Å². The highest BCUT2D eigenvalue weighted by atomic mass is 32.2. The smallest absolute Gasteiger partial charge is 0.242 e. The molecule has 21 heavy (non-hydrogen) atoms. The standard InChI is InChI=1S/C15H20N2O3S/c18-9-2-1-4-14-10-15(12-16-11-14)21(19,20)17-8-3-5-13-6-7-13/h10-13,17-18H,2-3,5-9H2. The van der Waals surface area contributed by atoms with Crippen molar-refractivity contribution in [1.82, 2.24) is 9.71 Å². The van der Waals surface area contributed by atoms with E-state index in [1.54, 1.807) is 0 Å². The molecule has 1 aromatic rings.